The van der Waals surface area contributed by atoms with E-state index in [1.54, 1.807) is 0 Å². The number of benzene rings is 1. The van der Waals surface area contributed by atoms with E-state index in [1.165, 1.54) is 43.2 Å². The standard InChI is InChI=1S/C20H26O/c1-14-5-3-4-6-17(14)8-18(21)20-11-15-7-16(12-20)10-19(2,9-15)13-20/h3-6,15-16H,7-13H2,1-2H3. The molecule has 2 unspecified atom stereocenters. The summed E-state index contributed by atoms with van der Waals surface area (Å²) in [5.41, 5.74) is 3.00. The molecule has 4 bridgehead atoms. The quantitative estimate of drug-likeness (QED) is 0.784. The Labute approximate surface area is 128 Å². The van der Waals surface area contributed by atoms with Crippen LogP contribution in [-0.4, -0.2) is 5.78 Å². The van der Waals surface area contributed by atoms with E-state index in [0.29, 0.717) is 17.6 Å². The third kappa shape index (κ3) is 2.17. The van der Waals surface area contributed by atoms with Crippen LogP contribution in [0.1, 0.15) is 56.6 Å². The molecule has 1 nitrogen and oxygen atoms in total. The van der Waals surface area contributed by atoms with Gasteiger partial charge in [-0.15, -0.1) is 0 Å². The van der Waals surface area contributed by atoms with Crippen LogP contribution in [0.2, 0.25) is 0 Å². The minimum atomic E-state index is 0.0289. The summed E-state index contributed by atoms with van der Waals surface area (Å²) < 4.78 is 0. The lowest BCUT2D eigenvalue weighted by molar-refractivity contribution is -0.152. The fourth-order valence-corrected chi connectivity index (χ4v) is 6.22. The highest BCUT2D eigenvalue weighted by Crippen LogP contribution is 2.65. The molecule has 0 heterocycles. The van der Waals surface area contributed by atoms with Gasteiger partial charge in [0.25, 0.3) is 0 Å². The Morgan fingerprint density at radius 2 is 1.81 bits per heavy atom. The number of carbonyl (C=O) groups excluding carboxylic acids is 1. The van der Waals surface area contributed by atoms with Crippen molar-refractivity contribution < 1.29 is 4.79 Å². The second-order valence-electron chi connectivity index (χ2n) is 8.58. The van der Waals surface area contributed by atoms with Gasteiger partial charge in [0.05, 0.1) is 0 Å². The maximum absolute atomic E-state index is 13.2. The molecule has 0 saturated heterocycles. The second-order valence-corrected chi connectivity index (χ2v) is 8.58. The van der Waals surface area contributed by atoms with E-state index < -0.39 is 0 Å². The van der Waals surface area contributed by atoms with Gasteiger partial charge in [0.1, 0.15) is 5.78 Å². The first kappa shape index (κ1) is 13.5. The maximum atomic E-state index is 13.2. The van der Waals surface area contributed by atoms with Gasteiger partial charge >= 0.3 is 0 Å². The summed E-state index contributed by atoms with van der Waals surface area (Å²) >= 11 is 0. The van der Waals surface area contributed by atoms with E-state index in [9.17, 15) is 4.79 Å². The van der Waals surface area contributed by atoms with Crippen molar-refractivity contribution in [1.82, 2.24) is 0 Å². The van der Waals surface area contributed by atoms with Gasteiger partial charge in [-0.3, -0.25) is 4.79 Å². The van der Waals surface area contributed by atoms with E-state index in [0.717, 1.165) is 18.3 Å². The van der Waals surface area contributed by atoms with Gasteiger partial charge in [0.15, 0.2) is 0 Å². The number of rotatable bonds is 3. The molecular weight excluding hydrogens is 256 g/mol. The average molecular weight is 282 g/mol. The molecule has 0 aromatic heterocycles. The molecule has 0 spiro atoms. The second kappa shape index (κ2) is 4.44. The number of Topliss-reactive ketones (excluding diaryl/α,β-unsaturated/α-hetero) is 1. The SMILES string of the molecule is Cc1ccccc1CC(=O)C12CC3CC(CC(C)(C3)C1)C2. The van der Waals surface area contributed by atoms with Crippen LogP contribution in [0.5, 0.6) is 0 Å². The molecule has 0 radical (unpaired) electrons. The Balaban J connectivity index is 1.61. The smallest absolute Gasteiger partial charge is 0.143 e. The highest BCUT2D eigenvalue weighted by Gasteiger charge is 2.58. The topological polar surface area (TPSA) is 17.1 Å². The Morgan fingerprint density at radius 3 is 2.43 bits per heavy atom. The molecule has 0 aliphatic heterocycles. The molecule has 4 saturated carbocycles. The summed E-state index contributed by atoms with van der Waals surface area (Å²) in [5.74, 6) is 2.20. The largest absolute Gasteiger partial charge is 0.299 e. The normalized spacial score (nSPS) is 40.5. The number of carbonyl (C=O) groups is 1. The lowest BCUT2D eigenvalue weighted by Gasteiger charge is -2.60. The van der Waals surface area contributed by atoms with E-state index in [2.05, 4.69) is 38.1 Å². The van der Waals surface area contributed by atoms with Crippen molar-refractivity contribution in [3.8, 4) is 0 Å². The van der Waals surface area contributed by atoms with Crippen LogP contribution < -0.4 is 0 Å². The van der Waals surface area contributed by atoms with Crippen molar-refractivity contribution in [2.45, 2.75) is 58.8 Å². The predicted molar refractivity (Wildman–Crippen MR) is 85.1 cm³/mol. The number of ketones is 1. The van der Waals surface area contributed by atoms with Crippen LogP contribution in [0, 0.1) is 29.6 Å². The fraction of sp³-hybridized carbons (Fsp3) is 0.650. The van der Waals surface area contributed by atoms with Gasteiger partial charge in [0, 0.05) is 11.8 Å². The zero-order valence-corrected chi connectivity index (χ0v) is 13.3. The Bertz CT molecular complexity index is 571. The van der Waals surface area contributed by atoms with E-state index in [1.807, 2.05) is 0 Å². The van der Waals surface area contributed by atoms with Crippen LogP contribution in [0.25, 0.3) is 0 Å². The lowest BCUT2D eigenvalue weighted by atomic mass is 9.43. The molecule has 1 heteroatoms. The van der Waals surface area contributed by atoms with Crippen LogP contribution in [0.4, 0.5) is 0 Å². The summed E-state index contributed by atoms with van der Waals surface area (Å²) in [4.78, 5) is 13.2. The first-order valence-corrected chi connectivity index (χ1v) is 8.56. The molecule has 4 fully saturated rings. The fourth-order valence-electron chi connectivity index (χ4n) is 6.22. The molecule has 5 rings (SSSR count). The molecule has 1 aromatic carbocycles. The first-order valence-electron chi connectivity index (χ1n) is 8.56. The Kier molecular flexibility index (Phi) is 2.87. The van der Waals surface area contributed by atoms with Gasteiger partial charge in [-0.25, -0.2) is 0 Å². The van der Waals surface area contributed by atoms with E-state index in [-0.39, 0.29) is 5.41 Å². The van der Waals surface area contributed by atoms with Gasteiger partial charge in [0.2, 0.25) is 0 Å². The predicted octanol–water partition coefficient (Wildman–Crippen LogP) is 4.71. The Morgan fingerprint density at radius 1 is 1.14 bits per heavy atom. The third-order valence-electron chi connectivity index (χ3n) is 6.56. The molecule has 2 atom stereocenters. The van der Waals surface area contributed by atoms with Gasteiger partial charge in [-0.1, -0.05) is 31.2 Å². The van der Waals surface area contributed by atoms with Crippen molar-refractivity contribution >= 4 is 5.78 Å². The van der Waals surface area contributed by atoms with Crippen molar-refractivity contribution in [2.75, 3.05) is 0 Å². The summed E-state index contributed by atoms with van der Waals surface area (Å²) in [6.45, 7) is 4.57. The molecule has 1 aromatic rings. The Hall–Kier alpha value is -1.11. The van der Waals surface area contributed by atoms with Gasteiger partial charge < -0.3 is 0 Å². The minimum absolute atomic E-state index is 0.0289. The van der Waals surface area contributed by atoms with E-state index >= 15 is 0 Å². The zero-order valence-electron chi connectivity index (χ0n) is 13.3. The number of aryl methyl sites for hydroxylation is 1. The molecule has 4 aliphatic carbocycles. The van der Waals surface area contributed by atoms with Crippen LogP contribution in [0.3, 0.4) is 0 Å². The lowest BCUT2D eigenvalue weighted by Crippen LogP contribution is -2.54. The van der Waals surface area contributed by atoms with Crippen molar-refractivity contribution in [2.24, 2.45) is 22.7 Å². The first-order chi connectivity index (χ1) is 9.98. The summed E-state index contributed by atoms with van der Waals surface area (Å²) in [6.07, 6.45) is 8.34. The van der Waals surface area contributed by atoms with Crippen LogP contribution in [-0.2, 0) is 11.2 Å². The van der Waals surface area contributed by atoms with Crippen LogP contribution >= 0.6 is 0 Å². The summed E-state index contributed by atoms with van der Waals surface area (Å²) in [6, 6.07) is 8.39. The molecule has 112 valence electrons. The van der Waals surface area contributed by atoms with Crippen molar-refractivity contribution in [3.05, 3.63) is 35.4 Å². The van der Waals surface area contributed by atoms with Crippen LogP contribution in [0.15, 0.2) is 24.3 Å². The minimum Gasteiger partial charge on any atom is -0.299 e. The number of hydrogen-bond acceptors (Lipinski definition) is 1. The molecule has 0 amide bonds. The molecule has 4 aliphatic rings. The number of hydrogen-bond donors (Lipinski definition) is 0. The molecular formula is C20H26O. The highest BCUT2D eigenvalue weighted by molar-refractivity contribution is 5.87. The van der Waals surface area contributed by atoms with Crippen molar-refractivity contribution in [1.29, 1.82) is 0 Å². The maximum Gasteiger partial charge on any atom is 0.143 e. The van der Waals surface area contributed by atoms with E-state index in [4.69, 9.17) is 0 Å². The average Bonchev–Trinajstić information content (AvgIpc) is 2.38. The molecule has 0 N–H and O–H groups in total. The highest BCUT2D eigenvalue weighted by atomic mass is 16.1. The monoisotopic (exact) mass is 282 g/mol. The van der Waals surface area contributed by atoms with Gasteiger partial charge in [-0.05, 0) is 73.8 Å². The van der Waals surface area contributed by atoms with Gasteiger partial charge in [-0.2, -0.15) is 0 Å². The zero-order chi connectivity index (χ0) is 14.7. The molecule has 21 heavy (non-hydrogen) atoms. The summed E-state index contributed by atoms with van der Waals surface area (Å²) in [5, 5.41) is 0. The van der Waals surface area contributed by atoms with Crippen molar-refractivity contribution in [3.63, 3.8) is 0 Å². The third-order valence-corrected chi connectivity index (χ3v) is 6.56. The summed E-state index contributed by atoms with van der Waals surface area (Å²) in [7, 11) is 0.